The molecule has 1 amide bonds. The van der Waals surface area contributed by atoms with Crippen LogP contribution in [0.3, 0.4) is 0 Å². The van der Waals surface area contributed by atoms with Crippen LogP contribution in [0.2, 0.25) is 0 Å². The Morgan fingerprint density at radius 1 is 1.37 bits per heavy atom. The Morgan fingerprint density at radius 2 is 2.26 bits per heavy atom. The van der Waals surface area contributed by atoms with Gasteiger partial charge in [-0.2, -0.15) is 19.7 Å². The molecule has 2 N–H and O–H groups in total. The number of rotatable bonds is 5. The number of anilines is 1. The van der Waals surface area contributed by atoms with Crippen molar-refractivity contribution in [2.45, 2.75) is 0 Å². The van der Waals surface area contributed by atoms with E-state index in [0.717, 1.165) is 4.47 Å². The van der Waals surface area contributed by atoms with Crippen LogP contribution in [0.15, 0.2) is 40.1 Å². The van der Waals surface area contributed by atoms with Crippen LogP contribution >= 0.6 is 27.3 Å². The SMILES string of the molecule is O=C(COc1ccc(Br)cc1/C=c1\sc2ncnn2c1=O)Nc1ncn[nH]1. The number of nitrogens with zero attached hydrogens (tertiary/aromatic N) is 5. The van der Waals surface area contributed by atoms with Crippen molar-refractivity contribution in [2.75, 3.05) is 11.9 Å². The maximum absolute atomic E-state index is 12.3. The summed E-state index contributed by atoms with van der Waals surface area (Å²) >= 11 is 4.62. The molecule has 0 aliphatic heterocycles. The van der Waals surface area contributed by atoms with Gasteiger partial charge in [0.1, 0.15) is 18.4 Å². The quantitative estimate of drug-likeness (QED) is 0.458. The Kier molecular flexibility index (Phi) is 4.64. The van der Waals surface area contributed by atoms with Crippen LogP contribution in [-0.2, 0) is 4.79 Å². The van der Waals surface area contributed by atoms with Crippen LogP contribution in [0.25, 0.3) is 11.0 Å². The Hall–Kier alpha value is -3.12. The minimum Gasteiger partial charge on any atom is -0.483 e. The summed E-state index contributed by atoms with van der Waals surface area (Å²) in [6, 6.07) is 5.28. The van der Waals surface area contributed by atoms with Crippen molar-refractivity contribution in [1.82, 2.24) is 29.8 Å². The van der Waals surface area contributed by atoms with E-state index in [1.807, 2.05) is 0 Å². The van der Waals surface area contributed by atoms with Crippen LogP contribution in [-0.4, -0.2) is 42.3 Å². The molecule has 0 saturated heterocycles. The highest BCUT2D eigenvalue weighted by Gasteiger charge is 2.10. The van der Waals surface area contributed by atoms with E-state index in [0.29, 0.717) is 20.8 Å². The average molecular weight is 448 g/mol. The third kappa shape index (κ3) is 3.71. The van der Waals surface area contributed by atoms with Gasteiger partial charge >= 0.3 is 0 Å². The maximum Gasteiger partial charge on any atom is 0.291 e. The second-order valence-electron chi connectivity index (χ2n) is 5.22. The summed E-state index contributed by atoms with van der Waals surface area (Å²) in [5.74, 6) is 0.282. The van der Waals surface area contributed by atoms with Gasteiger partial charge in [-0.1, -0.05) is 27.3 Å². The molecule has 0 fully saturated rings. The number of ether oxygens (including phenoxy) is 1. The van der Waals surface area contributed by atoms with E-state index in [4.69, 9.17) is 4.74 Å². The van der Waals surface area contributed by atoms with E-state index in [-0.39, 0.29) is 18.1 Å². The minimum absolute atomic E-state index is 0.233. The number of fused-ring (bicyclic) bond motifs is 1. The first-order chi connectivity index (χ1) is 13.1. The second-order valence-corrected chi connectivity index (χ2v) is 7.15. The summed E-state index contributed by atoms with van der Waals surface area (Å²) in [5, 5.41) is 12.6. The molecular formula is C15H10BrN7O3S. The molecule has 4 rings (SSSR count). The number of carbonyl (C=O) groups is 1. The smallest absolute Gasteiger partial charge is 0.291 e. The van der Waals surface area contributed by atoms with Crippen molar-refractivity contribution in [3.05, 3.63) is 55.8 Å². The Bertz CT molecular complexity index is 1220. The van der Waals surface area contributed by atoms with Crippen LogP contribution in [0, 0.1) is 0 Å². The molecule has 3 aromatic heterocycles. The van der Waals surface area contributed by atoms with Crippen molar-refractivity contribution < 1.29 is 9.53 Å². The monoisotopic (exact) mass is 447 g/mol. The molecule has 3 heterocycles. The summed E-state index contributed by atoms with van der Waals surface area (Å²) in [5.41, 5.74) is 0.375. The predicted molar refractivity (Wildman–Crippen MR) is 101 cm³/mol. The van der Waals surface area contributed by atoms with Gasteiger partial charge in [-0.05, 0) is 24.3 Å². The number of thiazole rings is 1. The molecule has 1 aromatic carbocycles. The number of H-pyrrole nitrogens is 1. The van der Waals surface area contributed by atoms with E-state index in [1.165, 1.54) is 28.5 Å². The topological polar surface area (TPSA) is 127 Å². The zero-order chi connectivity index (χ0) is 18.8. The summed E-state index contributed by atoms with van der Waals surface area (Å²) in [6.07, 6.45) is 4.29. The fraction of sp³-hybridized carbons (Fsp3) is 0.0667. The highest BCUT2D eigenvalue weighted by atomic mass is 79.9. The van der Waals surface area contributed by atoms with Crippen molar-refractivity contribution in [3.63, 3.8) is 0 Å². The molecule has 0 radical (unpaired) electrons. The highest BCUT2D eigenvalue weighted by Crippen LogP contribution is 2.24. The van der Waals surface area contributed by atoms with Crippen LogP contribution < -0.4 is 20.1 Å². The molecule has 12 heteroatoms. The molecule has 27 heavy (non-hydrogen) atoms. The molecule has 136 valence electrons. The molecule has 0 aliphatic rings. The molecule has 0 spiro atoms. The van der Waals surface area contributed by atoms with E-state index < -0.39 is 5.91 Å². The summed E-state index contributed by atoms with van der Waals surface area (Å²) in [7, 11) is 0. The number of benzene rings is 1. The fourth-order valence-corrected chi connectivity index (χ4v) is 3.51. The molecule has 4 aromatic rings. The van der Waals surface area contributed by atoms with Crippen LogP contribution in [0.4, 0.5) is 5.95 Å². The van der Waals surface area contributed by atoms with Gasteiger partial charge in [0, 0.05) is 10.0 Å². The molecule has 0 unspecified atom stereocenters. The Morgan fingerprint density at radius 3 is 3.04 bits per heavy atom. The van der Waals surface area contributed by atoms with Gasteiger partial charge in [0.2, 0.25) is 10.9 Å². The van der Waals surface area contributed by atoms with Gasteiger partial charge < -0.3 is 4.74 Å². The minimum atomic E-state index is -0.399. The van der Waals surface area contributed by atoms with Crippen LogP contribution in [0.1, 0.15) is 5.56 Å². The number of aromatic nitrogens is 6. The predicted octanol–water partition coefficient (Wildman–Crippen LogP) is 0.597. The normalized spacial score (nSPS) is 11.8. The van der Waals surface area contributed by atoms with Crippen molar-refractivity contribution in [1.29, 1.82) is 0 Å². The lowest BCUT2D eigenvalue weighted by molar-refractivity contribution is -0.118. The molecule has 0 bridgehead atoms. The zero-order valence-corrected chi connectivity index (χ0v) is 15.8. The molecule has 10 nitrogen and oxygen atoms in total. The van der Waals surface area contributed by atoms with Crippen molar-refractivity contribution in [3.8, 4) is 5.75 Å². The molecule has 0 saturated carbocycles. The fourth-order valence-electron chi connectivity index (χ4n) is 2.26. The summed E-state index contributed by atoms with van der Waals surface area (Å²) in [6.45, 7) is -0.233. The number of halogens is 1. The standard InChI is InChI=1S/C15H10BrN7O3S/c16-9-1-2-10(26-5-12(24)21-14-17-6-19-22-14)8(3-9)4-11-13(25)23-15(27-11)18-7-20-23/h1-4,6-7H,5H2,(H2,17,19,21,22,24)/b11-4-. The van der Waals surface area contributed by atoms with Gasteiger partial charge in [0.25, 0.3) is 11.5 Å². The number of nitrogens with one attached hydrogen (secondary N) is 2. The van der Waals surface area contributed by atoms with Gasteiger partial charge in [-0.3, -0.25) is 14.9 Å². The van der Waals surface area contributed by atoms with E-state index in [9.17, 15) is 9.59 Å². The Labute approximate surface area is 163 Å². The first-order valence-electron chi connectivity index (χ1n) is 7.52. The van der Waals surface area contributed by atoms with Crippen LogP contribution in [0.5, 0.6) is 5.75 Å². The Balaban J connectivity index is 1.60. The highest BCUT2D eigenvalue weighted by molar-refractivity contribution is 9.10. The van der Waals surface area contributed by atoms with E-state index in [1.54, 1.807) is 24.3 Å². The first kappa shape index (κ1) is 17.3. The lowest BCUT2D eigenvalue weighted by Crippen LogP contribution is -2.24. The number of amides is 1. The summed E-state index contributed by atoms with van der Waals surface area (Å²) < 4.78 is 8.11. The van der Waals surface area contributed by atoms with Gasteiger partial charge in [-0.15, -0.1) is 0 Å². The van der Waals surface area contributed by atoms with Crippen molar-refractivity contribution >= 4 is 50.2 Å². The number of aromatic amines is 1. The average Bonchev–Trinajstić information content (AvgIpc) is 3.36. The first-order valence-corrected chi connectivity index (χ1v) is 9.13. The number of hydrogen-bond donors (Lipinski definition) is 2. The van der Waals surface area contributed by atoms with E-state index in [2.05, 4.69) is 46.5 Å². The van der Waals surface area contributed by atoms with Gasteiger partial charge in [0.15, 0.2) is 6.61 Å². The number of hydrogen-bond acceptors (Lipinski definition) is 8. The third-order valence-corrected chi connectivity index (χ3v) is 4.88. The maximum atomic E-state index is 12.3. The molecule has 0 aliphatic carbocycles. The lowest BCUT2D eigenvalue weighted by Gasteiger charge is -2.09. The third-order valence-electron chi connectivity index (χ3n) is 3.41. The zero-order valence-electron chi connectivity index (χ0n) is 13.4. The van der Waals surface area contributed by atoms with Gasteiger partial charge in [0.05, 0.1) is 4.53 Å². The van der Waals surface area contributed by atoms with Gasteiger partial charge in [-0.25, -0.2) is 10.1 Å². The second kappa shape index (κ2) is 7.25. The summed E-state index contributed by atoms with van der Waals surface area (Å²) in [4.78, 5) is 32.6. The lowest BCUT2D eigenvalue weighted by atomic mass is 10.2. The molecular weight excluding hydrogens is 438 g/mol. The molecule has 0 atom stereocenters. The van der Waals surface area contributed by atoms with E-state index >= 15 is 0 Å². The largest absolute Gasteiger partial charge is 0.483 e. The van der Waals surface area contributed by atoms with Crippen molar-refractivity contribution in [2.24, 2.45) is 0 Å². The number of carbonyl (C=O) groups excluding carboxylic acids is 1.